The van der Waals surface area contributed by atoms with Crippen LogP contribution < -0.4 is 0 Å². The van der Waals surface area contributed by atoms with E-state index in [1.54, 1.807) is 6.92 Å². The zero-order valence-corrected chi connectivity index (χ0v) is 9.63. The maximum Gasteiger partial charge on any atom is 0.327 e. The lowest BCUT2D eigenvalue weighted by Gasteiger charge is -2.28. The molecule has 0 aromatic carbocycles. The van der Waals surface area contributed by atoms with Crippen LogP contribution in [0.5, 0.6) is 0 Å². The first-order valence-electron chi connectivity index (χ1n) is 5.09. The SMILES string of the molecule is CCOP(C)(=O)OC1CCCCC1F. The first-order chi connectivity index (χ1) is 6.55. The summed E-state index contributed by atoms with van der Waals surface area (Å²) < 4.78 is 35.1. The Morgan fingerprint density at radius 2 is 2.07 bits per heavy atom. The van der Waals surface area contributed by atoms with E-state index in [0.717, 1.165) is 12.8 Å². The largest absolute Gasteiger partial charge is 0.327 e. The summed E-state index contributed by atoms with van der Waals surface area (Å²) in [5, 5.41) is 0. The van der Waals surface area contributed by atoms with E-state index in [4.69, 9.17) is 9.05 Å². The van der Waals surface area contributed by atoms with Crippen LogP contribution in [0.3, 0.4) is 0 Å². The van der Waals surface area contributed by atoms with Crippen molar-refractivity contribution in [2.45, 2.75) is 44.9 Å². The summed E-state index contributed by atoms with van der Waals surface area (Å²) in [5.41, 5.74) is 0. The van der Waals surface area contributed by atoms with E-state index >= 15 is 0 Å². The molecular formula is C9H18FO3P. The molecule has 84 valence electrons. The molecule has 0 bridgehead atoms. The van der Waals surface area contributed by atoms with Gasteiger partial charge in [0.05, 0.1) is 12.7 Å². The Morgan fingerprint density at radius 1 is 1.43 bits per heavy atom. The number of hydrogen-bond donors (Lipinski definition) is 0. The molecule has 0 amide bonds. The van der Waals surface area contributed by atoms with Gasteiger partial charge in [-0.25, -0.2) is 4.39 Å². The van der Waals surface area contributed by atoms with Crippen LogP contribution in [-0.4, -0.2) is 25.5 Å². The molecule has 3 unspecified atom stereocenters. The van der Waals surface area contributed by atoms with Crippen LogP contribution in [0.4, 0.5) is 4.39 Å². The third kappa shape index (κ3) is 3.68. The standard InChI is InChI=1S/C9H18FO3P/c1-3-12-14(2,11)13-9-7-5-4-6-8(9)10/h8-9H,3-7H2,1-2H3. The van der Waals surface area contributed by atoms with Crippen LogP contribution in [0.25, 0.3) is 0 Å². The molecule has 0 spiro atoms. The average molecular weight is 224 g/mol. The van der Waals surface area contributed by atoms with Crippen LogP contribution >= 0.6 is 7.60 Å². The van der Waals surface area contributed by atoms with Gasteiger partial charge in [0.15, 0.2) is 0 Å². The van der Waals surface area contributed by atoms with Crippen molar-refractivity contribution in [2.75, 3.05) is 13.3 Å². The van der Waals surface area contributed by atoms with Gasteiger partial charge in [-0.15, -0.1) is 0 Å². The molecule has 5 heteroatoms. The normalized spacial score (nSPS) is 32.5. The van der Waals surface area contributed by atoms with E-state index in [1.807, 2.05) is 0 Å². The smallest absolute Gasteiger partial charge is 0.309 e. The zero-order chi connectivity index (χ0) is 10.6. The second kappa shape index (κ2) is 5.24. The van der Waals surface area contributed by atoms with E-state index in [2.05, 4.69) is 0 Å². The second-order valence-electron chi connectivity index (χ2n) is 3.63. The quantitative estimate of drug-likeness (QED) is 0.688. The van der Waals surface area contributed by atoms with Gasteiger partial charge in [0.1, 0.15) is 6.17 Å². The van der Waals surface area contributed by atoms with Crippen LogP contribution in [0.1, 0.15) is 32.6 Å². The molecule has 1 saturated carbocycles. The van der Waals surface area contributed by atoms with Crippen molar-refractivity contribution >= 4 is 7.60 Å². The van der Waals surface area contributed by atoms with Crippen molar-refractivity contribution in [2.24, 2.45) is 0 Å². The Balaban J connectivity index is 2.45. The van der Waals surface area contributed by atoms with Gasteiger partial charge < -0.3 is 9.05 Å². The molecule has 1 aliphatic carbocycles. The van der Waals surface area contributed by atoms with Gasteiger partial charge in [0.25, 0.3) is 0 Å². The van der Waals surface area contributed by atoms with E-state index in [-0.39, 0.29) is 0 Å². The molecule has 14 heavy (non-hydrogen) atoms. The molecule has 3 atom stereocenters. The van der Waals surface area contributed by atoms with Gasteiger partial charge in [0.2, 0.25) is 0 Å². The van der Waals surface area contributed by atoms with Crippen LogP contribution in [0, 0.1) is 0 Å². The zero-order valence-electron chi connectivity index (χ0n) is 8.74. The van der Waals surface area contributed by atoms with Crippen molar-refractivity contribution in [1.29, 1.82) is 0 Å². The average Bonchev–Trinajstić information content (AvgIpc) is 2.08. The molecule has 1 rings (SSSR count). The fraction of sp³-hybridized carbons (Fsp3) is 1.00. The Kier molecular flexibility index (Phi) is 4.55. The summed E-state index contributed by atoms with van der Waals surface area (Å²) in [6, 6.07) is 0. The summed E-state index contributed by atoms with van der Waals surface area (Å²) >= 11 is 0. The third-order valence-electron chi connectivity index (χ3n) is 2.31. The van der Waals surface area contributed by atoms with E-state index in [1.165, 1.54) is 6.66 Å². The molecule has 0 heterocycles. The maximum absolute atomic E-state index is 13.3. The molecule has 0 aromatic rings. The minimum Gasteiger partial charge on any atom is -0.309 e. The molecular weight excluding hydrogens is 206 g/mol. The summed E-state index contributed by atoms with van der Waals surface area (Å²) in [7, 11) is -3.04. The minimum atomic E-state index is -3.04. The van der Waals surface area contributed by atoms with Crippen molar-refractivity contribution in [3.8, 4) is 0 Å². The Labute approximate surface area is 84.5 Å². The van der Waals surface area contributed by atoms with Gasteiger partial charge in [-0.3, -0.25) is 4.57 Å². The predicted octanol–water partition coefficient (Wildman–Crippen LogP) is 3.14. The van der Waals surface area contributed by atoms with Crippen molar-refractivity contribution < 1.29 is 18.0 Å². The first-order valence-corrected chi connectivity index (χ1v) is 7.08. The van der Waals surface area contributed by atoms with Gasteiger partial charge in [-0.1, -0.05) is 12.8 Å². The highest BCUT2D eigenvalue weighted by atomic mass is 31.2. The molecule has 1 aliphatic rings. The lowest BCUT2D eigenvalue weighted by atomic mass is 9.96. The van der Waals surface area contributed by atoms with Crippen LogP contribution in [0.15, 0.2) is 0 Å². The number of hydrogen-bond acceptors (Lipinski definition) is 3. The van der Waals surface area contributed by atoms with E-state index in [0.29, 0.717) is 19.4 Å². The first kappa shape index (κ1) is 12.2. The van der Waals surface area contributed by atoms with Crippen molar-refractivity contribution in [3.63, 3.8) is 0 Å². The predicted molar refractivity (Wildman–Crippen MR) is 53.4 cm³/mol. The molecule has 0 aromatic heterocycles. The van der Waals surface area contributed by atoms with Crippen molar-refractivity contribution in [3.05, 3.63) is 0 Å². The lowest BCUT2D eigenvalue weighted by Crippen LogP contribution is -2.28. The van der Waals surface area contributed by atoms with Gasteiger partial charge in [0, 0.05) is 6.66 Å². The minimum absolute atomic E-state index is 0.331. The molecule has 3 nitrogen and oxygen atoms in total. The maximum atomic E-state index is 13.3. The Morgan fingerprint density at radius 3 is 2.64 bits per heavy atom. The molecule has 1 fully saturated rings. The van der Waals surface area contributed by atoms with E-state index < -0.39 is 19.9 Å². The highest BCUT2D eigenvalue weighted by Gasteiger charge is 2.31. The van der Waals surface area contributed by atoms with Gasteiger partial charge in [-0.2, -0.15) is 0 Å². The second-order valence-corrected chi connectivity index (χ2v) is 5.65. The summed E-state index contributed by atoms with van der Waals surface area (Å²) in [6.07, 6.45) is 1.47. The topological polar surface area (TPSA) is 35.5 Å². The molecule has 0 radical (unpaired) electrons. The molecule has 0 N–H and O–H groups in total. The van der Waals surface area contributed by atoms with E-state index in [9.17, 15) is 8.96 Å². The Bertz CT molecular complexity index is 222. The summed E-state index contributed by atoms with van der Waals surface area (Å²) in [5.74, 6) is 0. The summed E-state index contributed by atoms with van der Waals surface area (Å²) in [6.45, 7) is 3.47. The Hall–Kier alpha value is 0.0800. The number of rotatable bonds is 4. The van der Waals surface area contributed by atoms with Gasteiger partial charge in [-0.05, 0) is 19.8 Å². The number of halogens is 1. The van der Waals surface area contributed by atoms with Gasteiger partial charge >= 0.3 is 7.60 Å². The lowest BCUT2D eigenvalue weighted by molar-refractivity contribution is 0.0494. The fourth-order valence-electron chi connectivity index (χ4n) is 1.68. The fourth-order valence-corrected chi connectivity index (χ4v) is 2.94. The van der Waals surface area contributed by atoms with Crippen LogP contribution in [-0.2, 0) is 13.6 Å². The van der Waals surface area contributed by atoms with Crippen LogP contribution in [0.2, 0.25) is 0 Å². The monoisotopic (exact) mass is 224 g/mol. The third-order valence-corrected chi connectivity index (χ3v) is 3.69. The molecule has 0 aliphatic heterocycles. The number of alkyl halides is 1. The molecule has 0 saturated heterocycles. The summed E-state index contributed by atoms with van der Waals surface area (Å²) in [4.78, 5) is 0. The van der Waals surface area contributed by atoms with Crippen molar-refractivity contribution in [1.82, 2.24) is 0 Å². The highest BCUT2D eigenvalue weighted by Crippen LogP contribution is 2.47. The highest BCUT2D eigenvalue weighted by molar-refractivity contribution is 7.53.